The third-order valence-corrected chi connectivity index (χ3v) is 5.50. The molecule has 0 spiro atoms. The molecule has 0 bridgehead atoms. The Balaban J connectivity index is 1.66. The Hall–Kier alpha value is -2.18. The molecule has 0 unspecified atom stereocenters. The summed E-state index contributed by atoms with van der Waals surface area (Å²) in [5.74, 6) is 0.157. The third-order valence-electron chi connectivity index (χ3n) is 5.50. The van der Waals surface area contributed by atoms with Crippen molar-refractivity contribution < 1.29 is 4.79 Å². The average molecular weight is 352 g/mol. The molecule has 2 fully saturated rings. The molecule has 2 aliphatic heterocycles. The van der Waals surface area contributed by atoms with Crippen molar-refractivity contribution in [1.82, 2.24) is 20.4 Å². The van der Waals surface area contributed by atoms with Gasteiger partial charge in [0.15, 0.2) is 5.69 Å². The fourth-order valence-corrected chi connectivity index (χ4v) is 3.99. The van der Waals surface area contributed by atoms with Crippen molar-refractivity contribution in [3.05, 3.63) is 35.5 Å². The number of amides is 1. The fourth-order valence-electron chi connectivity index (χ4n) is 3.99. The summed E-state index contributed by atoms with van der Waals surface area (Å²) < 4.78 is 1.99. The van der Waals surface area contributed by atoms with Gasteiger partial charge in [-0.25, -0.2) is 5.32 Å². The molecule has 6 heteroatoms. The van der Waals surface area contributed by atoms with E-state index in [9.17, 15) is 4.79 Å². The van der Waals surface area contributed by atoms with Gasteiger partial charge in [-0.2, -0.15) is 5.10 Å². The van der Waals surface area contributed by atoms with Gasteiger partial charge in [-0.3, -0.25) is 9.48 Å². The van der Waals surface area contributed by atoms with Crippen LogP contribution < -0.4 is 16.4 Å². The van der Waals surface area contributed by atoms with Gasteiger partial charge >= 0.3 is 0 Å². The summed E-state index contributed by atoms with van der Waals surface area (Å²) in [5.41, 5.74) is 8.06. The highest BCUT2D eigenvalue weighted by molar-refractivity contribution is 6.04. The summed E-state index contributed by atoms with van der Waals surface area (Å²) in [6, 6.07) is 6.52. The predicted octanol–water partition coefficient (Wildman–Crippen LogP) is 2.09. The lowest BCUT2D eigenvalue weighted by Crippen LogP contribution is -2.26. The SMILES string of the molecule is NC(=O)c1nn(C2CC[N]CC2)c2ccc(C=CC3CCNCC3)cc12. The van der Waals surface area contributed by atoms with Crippen molar-refractivity contribution in [1.29, 1.82) is 0 Å². The number of allylic oxidation sites excluding steroid dienone is 1. The van der Waals surface area contributed by atoms with Crippen molar-refractivity contribution in [3.63, 3.8) is 0 Å². The monoisotopic (exact) mass is 352 g/mol. The number of aromatic nitrogens is 2. The van der Waals surface area contributed by atoms with E-state index in [1.807, 2.05) is 10.7 Å². The van der Waals surface area contributed by atoms with Crippen LogP contribution in [0.3, 0.4) is 0 Å². The number of nitrogens with one attached hydrogen (secondary N) is 1. The van der Waals surface area contributed by atoms with Crippen LogP contribution in [0.5, 0.6) is 0 Å². The quantitative estimate of drug-likeness (QED) is 0.883. The summed E-state index contributed by atoms with van der Waals surface area (Å²) in [6.07, 6.45) is 8.74. The van der Waals surface area contributed by atoms with E-state index in [0.717, 1.165) is 55.5 Å². The van der Waals surface area contributed by atoms with E-state index >= 15 is 0 Å². The highest BCUT2D eigenvalue weighted by Gasteiger charge is 2.22. The number of carbonyl (C=O) groups excluding carboxylic acids is 1. The van der Waals surface area contributed by atoms with E-state index in [-0.39, 0.29) is 0 Å². The van der Waals surface area contributed by atoms with Gasteiger partial charge < -0.3 is 11.1 Å². The highest BCUT2D eigenvalue weighted by atomic mass is 16.1. The van der Waals surface area contributed by atoms with Crippen LogP contribution in [-0.2, 0) is 0 Å². The predicted molar refractivity (Wildman–Crippen MR) is 103 cm³/mol. The van der Waals surface area contributed by atoms with E-state index < -0.39 is 5.91 Å². The Morgan fingerprint density at radius 3 is 2.69 bits per heavy atom. The Bertz CT molecular complexity index is 813. The first-order valence-electron chi connectivity index (χ1n) is 9.56. The summed E-state index contributed by atoms with van der Waals surface area (Å²) in [6.45, 7) is 3.88. The summed E-state index contributed by atoms with van der Waals surface area (Å²) >= 11 is 0. The number of hydrogen-bond acceptors (Lipinski definition) is 3. The number of nitrogens with two attached hydrogens (primary N) is 1. The molecule has 3 N–H and O–H groups in total. The Labute approximate surface area is 153 Å². The second kappa shape index (κ2) is 7.60. The van der Waals surface area contributed by atoms with Crippen molar-refractivity contribution in [2.24, 2.45) is 11.7 Å². The summed E-state index contributed by atoms with van der Waals surface area (Å²) in [4.78, 5) is 11.9. The number of rotatable bonds is 4. The molecule has 0 atom stereocenters. The zero-order valence-electron chi connectivity index (χ0n) is 15.0. The number of hydrogen-bond donors (Lipinski definition) is 2. The lowest BCUT2D eigenvalue weighted by molar-refractivity contribution is 0.0995. The van der Waals surface area contributed by atoms with Crippen LogP contribution in [0.25, 0.3) is 17.0 Å². The number of piperidine rings is 2. The largest absolute Gasteiger partial charge is 0.364 e. The van der Waals surface area contributed by atoms with Gasteiger partial charge in [-0.15, -0.1) is 0 Å². The number of nitrogens with zero attached hydrogens (tertiary/aromatic N) is 3. The molecule has 1 amide bonds. The van der Waals surface area contributed by atoms with Gasteiger partial charge in [0.1, 0.15) is 0 Å². The van der Waals surface area contributed by atoms with E-state index in [0.29, 0.717) is 17.7 Å². The van der Waals surface area contributed by atoms with Gasteiger partial charge in [-0.05, 0) is 62.4 Å². The lowest BCUT2D eigenvalue weighted by Gasteiger charge is -2.22. The van der Waals surface area contributed by atoms with Crippen molar-refractivity contribution in [2.75, 3.05) is 26.2 Å². The maximum absolute atomic E-state index is 11.9. The van der Waals surface area contributed by atoms with Gasteiger partial charge in [0.25, 0.3) is 5.91 Å². The van der Waals surface area contributed by atoms with Crippen molar-refractivity contribution in [2.45, 2.75) is 31.7 Å². The molecule has 3 heterocycles. The average Bonchev–Trinajstić information content (AvgIpc) is 3.07. The molecule has 4 rings (SSSR count). The van der Waals surface area contributed by atoms with Crippen LogP contribution in [0.4, 0.5) is 0 Å². The molecule has 1 radical (unpaired) electrons. The van der Waals surface area contributed by atoms with Crippen molar-refractivity contribution in [3.8, 4) is 0 Å². The molecule has 1 aromatic carbocycles. The standard InChI is InChI=1S/C20H26N5O/c21-20(26)19-17-13-15(2-1-14-5-9-22-10-6-14)3-4-18(17)25(24-19)16-7-11-23-12-8-16/h1-4,13-14,16,22H,5-12H2,(H2,21,26). The van der Waals surface area contributed by atoms with Crippen LogP contribution in [-0.4, -0.2) is 41.9 Å². The van der Waals surface area contributed by atoms with Crippen LogP contribution in [0.15, 0.2) is 24.3 Å². The normalized spacial score (nSPS) is 20.2. The van der Waals surface area contributed by atoms with Gasteiger partial charge in [0, 0.05) is 18.5 Å². The molecule has 137 valence electrons. The molecule has 2 aliphatic rings. The first-order valence-corrected chi connectivity index (χ1v) is 9.56. The molecule has 26 heavy (non-hydrogen) atoms. The van der Waals surface area contributed by atoms with Crippen LogP contribution in [0.1, 0.15) is 47.8 Å². The van der Waals surface area contributed by atoms with Crippen LogP contribution in [0, 0.1) is 5.92 Å². The zero-order valence-corrected chi connectivity index (χ0v) is 15.0. The highest BCUT2D eigenvalue weighted by Crippen LogP contribution is 2.28. The fraction of sp³-hybridized carbons (Fsp3) is 0.500. The molecule has 0 saturated carbocycles. The minimum absolute atomic E-state index is 0.291. The topological polar surface area (TPSA) is 87.0 Å². The molecule has 0 aliphatic carbocycles. The van der Waals surface area contributed by atoms with Crippen LogP contribution in [0.2, 0.25) is 0 Å². The van der Waals surface area contributed by atoms with E-state index in [4.69, 9.17) is 5.73 Å². The molecule has 1 aromatic heterocycles. The van der Waals surface area contributed by atoms with E-state index in [1.165, 1.54) is 12.8 Å². The smallest absolute Gasteiger partial charge is 0.269 e. The lowest BCUT2D eigenvalue weighted by atomic mass is 9.96. The minimum atomic E-state index is -0.464. The second-order valence-corrected chi connectivity index (χ2v) is 7.28. The van der Waals surface area contributed by atoms with Crippen LogP contribution >= 0.6 is 0 Å². The van der Waals surface area contributed by atoms with Gasteiger partial charge in [0.05, 0.1) is 11.6 Å². The van der Waals surface area contributed by atoms with Crippen molar-refractivity contribution >= 4 is 22.9 Å². The molecule has 6 nitrogen and oxygen atoms in total. The Morgan fingerprint density at radius 2 is 1.96 bits per heavy atom. The summed E-state index contributed by atoms with van der Waals surface area (Å²) in [7, 11) is 0. The zero-order chi connectivity index (χ0) is 17.9. The Morgan fingerprint density at radius 1 is 1.19 bits per heavy atom. The van der Waals surface area contributed by atoms with Gasteiger partial charge in [0.2, 0.25) is 0 Å². The number of benzene rings is 1. The number of fused-ring (bicyclic) bond motifs is 1. The first-order chi connectivity index (χ1) is 12.7. The molecular weight excluding hydrogens is 326 g/mol. The molecule has 2 aromatic rings. The van der Waals surface area contributed by atoms with E-state index in [1.54, 1.807) is 0 Å². The number of carbonyl (C=O) groups is 1. The Kier molecular flexibility index (Phi) is 5.04. The molecule has 2 saturated heterocycles. The van der Waals surface area contributed by atoms with Gasteiger partial charge in [-0.1, -0.05) is 18.2 Å². The maximum atomic E-state index is 11.9. The second-order valence-electron chi connectivity index (χ2n) is 7.28. The molecular formula is C20H26N5O. The number of primary amides is 1. The summed E-state index contributed by atoms with van der Waals surface area (Å²) in [5, 5.41) is 13.2. The first kappa shape index (κ1) is 17.2. The maximum Gasteiger partial charge on any atom is 0.269 e. The van der Waals surface area contributed by atoms with E-state index in [2.05, 4.69) is 40.0 Å². The third kappa shape index (κ3) is 3.52. The minimum Gasteiger partial charge on any atom is -0.364 e.